The van der Waals surface area contributed by atoms with Crippen molar-refractivity contribution in [3.05, 3.63) is 64.2 Å². The molecule has 0 saturated heterocycles. The molecule has 0 fully saturated rings. The Morgan fingerprint density at radius 1 is 1.18 bits per heavy atom. The first-order valence-corrected chi connectivity index (χ1v) is 8.82. The molecule has 0 aliphatic carbocycles. The van der Waals surface area contributed by atoms with Crippen LogP contribution in [0, 0.1) is 0 Å². The molecular formula is C20H22F2N3O3+. The summed E-state index contributed by atoms with van der Waals surface area (Å²) in [4.78, 5) is 20.8. The van der Waals surface area contributed by atoms with Crippen molar-refractivity contribution in [3.8, 4) is 11.5 Å². The van der Waals surface area contributed by atoms with E-state index in [4.69, 9.17) is 4.74 Å². The SMILES string of the molecule is COc1cc(C[NH+](C)[C@@H](C)c2nc3ccccc3c(=O)[nH]2)ccc1OC(F)F. The van der Waals surface area contributed by atoms with Crippen LogP contribution >= 0.6 is 0 Å². The van der Waals surface area contributed by atoms with Gasteiger partial charge in [-0.2, -0.15) is 8.78 Å². The van der Waals surface area contributed by atoms with Crippen molar-refractivity contribution in [1.29, 1.82) is 0 Å². The summed E-state index contributed by atoms with van der Waals surface area (Å²) in [5.41, 5.74) is 1.36. The summed E-state index contributed by atoms with van der Waals surface area (Å²) >= 11 is 0. The molecule has 8 heteroatoms. The van der Waals surface area contributed by atoms with Gasteiger partial charge in [-0.1, -0.05) is 12.1 Å². The lowest BCUT2D eigenvalue weighted by Crippen LogP contribution is -3.07. The highest BCUT2D eigenvalue weighted by atomic mass is 19.3. The molecule has 0 saturated carbocycles. The zero-order valence-corrected chi connectivity index (χ0v) is 15.8. The molecule has 3 aromatic rings. The van der Waals surface area contributed by atoms with Gasteiger partial charge >= 0.3 is 6.61 Å². The van der Waals surface area contributed by atoms with E-state index in [1.165, 1.54) is 13.2 Å². The van der Waals surface area contributed by atoms with Crippen LogP contribution in [-0.2, 0) is 6.54 Å². The molecule has 0 aliphatic rings. The molecule has 3 rings (SSSR count). The van der Waals surface area contributed by atoms with Crippen molar-refractivity contribution < 1.29 is 23.2 Å². The summed E-state index contributed by atoms with van der Waals surface area (Å²) in [5.74, 6) is 0.828. The molecule has 0 amide bonds. The van der Waals surface area contributed by atoms with E-state index in [-0.39, 0.29) is 23.1 Å². The molecule has 0 spiro atoms. The third-order valence-electron chi connectivity index (χ3n) is 4.71. The van der Waals surface area contributed by atoms with Gasteiger partial charge < -0.3 is 19.4 Å². The number of hydrogen-bond donors (Lipinski definition) is 2. The van der Waals surface area contributed by atoms with Gasteiger partial charge in [0.25, 0.3) is 5.56 Å². The number of aromatic nitrogens is 2. The maximum atomic E-state index is 12.5. The van der Waals surface area contributed by atoms with E-state index < -0.39 is 6.61 Å². The smallest absolute Gasteiger partial charge is 0.387 e. The van der Waals surface area contributed by atoms with Crippen LogP contribution in [0.25, 0.3) is 10.9 Å². The monoisotopic (exact) mass is 390 g/mol. The lowest BCUT2D eigenvalue weighted by molar-refractivity contribution is -0.924. The third-order valence-corrected chi connectivity index (χ3v) is 4.71. The summed E-state index contributed by atoms with van der Waals surface area (Å²) in [7, 11) is 3.37. The minimum Gasteiger partial charge on any atom is -0.493 e. The minimum absolute atomic E-state index is 0.00697. The number of fused-ring (bicyclic) bond motifs is 1. The number of hydrogen-bond acceptors (Lipinski definition) is 4. The summed E-state index contributed by atoms with van der Waals surface area (Å²) < 4.78 is 34.5. The van der Waals surface area contributed by atoms with Gasteiger partial charge in [0, 0.05) is 5.56 Å². The highest BCUT2D eigenvalue weighted by Crippen LogP contribution is 2.29. The predicted molar refractivity (Wildman–Crippen MR) is 101 cm³/mol. The molecule has 2 aromatic carbocycles. The number of alkyl halides is 2. The molecule has 0 radical (unpaired) electrons. The van der Waals surface area contributed by atoms with Gasteiger partial charge in [-0.05, 0) is 37.3 Å². The largest absolute Gasteiger partial charge is 0.493 e. The highest BCUT2D eigenvalue weighted by Gasteiger charge is 2.20. The molecule has 2 atom stereocenters. The number of ether oxygens (including phenoxy) is 2. The second kappa shape index (κ2) is 8.35. The topological polar surface area (TPSA) is 68.7 Å². The number of quaternary nitrogens is 1. The van der Waals surface area contributed by atoms with Crippen LogP contribution in [0.4, 0.5) is 8.78 Å². The van der Waals surface area contributed by atoms with Crippen molar-refractivity contribution in [2.24, 2.45) is 0 Å². The van der Waals surface area contributed by atoms with E-state index in [1.54, 1.807) is 24.3 Å². The zero-order valence-electron chi connectivity index (χ0n) is 15.8. The second-order valence-corrected chi connectivity index (χ2v) is 6.58. The summed E-state index contributed by atoms with van der Waals surface area (Å²) in [6.07, 6.45) is 0. The Balaban J connectivity index is 1.81. The van der Waals surface area contributed by atoms with Gasteiger partial charge in [0.2, 0.25) is 0 Å². The van der Waals surface area contributed by atoms with Crippen molar-refractivity contribution in [3.63, 3.8) is 0 Å². The Morgan fingerprint density at radius 2 is 1.93 bits per heavy atom. The Kier molecular flexibility index (Phi) is 5.89. The quantitative estimate of drug-likeness (QED) is 0.650. The molecule has 0 bridgehead atoms. The number of H-pyrrole nitrogens is 1. The first-order chi connectivity index (χ1) is 13.4. The van der Waals surface area contributed by atoms with Crippen molar-refractivity contribution in [1.82, 2.24) is 9.97 Å². The van der Waals surface area contributed by atoms with Crippen LogP contribution in [0.1, 0.15) is 24.4 Å². The predicted octanol–water partition coefficient (Wildman–Crippen LogP) is 2.31. The van der Waals surface area contributed by atoms with E-state index >= 15 is 0 Å². The lowest BCUT2D eigenvalue weighted by atomic mass is 10.1. The number of methoxy groups -OCH3 is 1. The average molecular weight is 390 g/mol. The zero-order chi connectivity index (χ0) is 20.3. The van der Waals surface area contributed by atoms with Crippen LogP contribution < -0.4 is 19.9 Å². The molecular weight excluding hydrogens is 368 g/mol. The second-order valence-electron chi connectivity index (χ2n) is 6.58. The molecule has 2 N–H and O–H groups in total. The molecule has 6 nitrogen and oxygen atoms in total. The van der Waals surface area contributed by atoms with Crippen LogP contribution in [-0.4, -0.2) is 30.7 Å². The Labute approximate surface area is 160 Å². The van der Waals surface area contributed by atoms with Crippen LogP contribution in [0.2, 0.25) is 0 Å². The first kappa shape index (κ1) is 19.8. The molecule has 1 unspecified atom stereocenters. The maximum Gasteiger partial charge on any atom is 0.387 e. The standard InChI is InChI=1S/C20H21F2N3O3/c1-12(18-23-15-7-5-4-6-14(15)19(26)24-18)25(2)11-13-8-9-16(28-20(21)22)17(10-13)27-3/h4-10,12,20H,11H2,1-3H3,(H,23,24,26)/p+1/t12-/m0/s1. The molecule has 1 heterocycles. The Morgan fingerprint density at radius 3 is 2.64 bits per heavy atom. The molecule has 28 heavy (non-hydrogen) atoms. The lowest BCUT2D eigenvalue weighted by Gasteiger charge is -2.21. The fourth-order valence-corrected chi connectivity index (χ4v) is 3.03. The van der Waals surface area contributed by atoms with E-state index in [0.29, 0.717) is 23.3 Å². The van der Waals surface area contributed by atoms with Crippen molar-refractivity contribution in [2.45, 2.75) is 26.1 Å². The summed E-state index contributed by atoms with van der Waals surface area (Å²) in [6.45, 7) is -0.374. The summed E-state index contributed by atoms with van der Waals surface area (Å²) in [5, 5.41) is 0.551. The van der Waals surface area contributed by atoms with Crippen LogP contribution in [0.3, 0.4) is 0 Å². The maximum absolute atomic E-state index is 12.5. The van der Waals surface area contributed by atoms with E-state index in [9.17, 15) is 13.6 Å². The normalized spacial score (nSPS) is 13.5. The Bertz CT molecular complexity index is 1020. The van der Waals surface area contributed by atoms with Gasteiger partial charge in [0.1, 0.15) is 12.6 Å². The number of benzene rings is 2. The van der Waals surface area contributed by atoms with Crippen molar-refractivity contribution >= 4 is 10.9 Å². The van der Waals surface area contributed by atoms with Crippen LogP contribution in [0.5, 0.6) is 11.5 Å². The Hall–Kier alpha value is -3.00. The first-order valence-electron chi connectivity index (χ1n) is 8.82. The van der Waals surface area contributed by atoms with E-state index in [1.807, 2.05) is 26.1 Å². The fraction of sp³-hybridized carbons (Fsp3) is 0.300. The van der Waals surface area contributed by atoms with E-state index in [2.05, 4.69) is 14.7 Å². The number of para-hydroxylation sites is 1. The number of rotatable bonds is 7. The average Bonchev–Trinajstić information content (AvgIpc) is 2.68. The fourth-order valence-electron chi connectivity index (χ4n) is 3.03. The van der Waals surface area contributed by atoms with Gasteiger partial charge in [-0.15, -0.1) is 0 Å². The number of aromatic amines is 1. The minimum atomic E-state index is -2.91. The van der Waals surface area contributed by atoms with E-state index in [0.717, 1.165) is 10.5 Å². The molecule has 0 aliphatic heterocycles. The summed E-state index contributed by atoms with van der Waals surface area (Å²) in [6, 6.07) is 11.9. The number of halogens is 2. The van der Waals surface area contributed by atoms with Gasteiger partial charge in [-0.25, -0.2) is 4.98 Å². The molecule has 1 aromatic heterocycles. The van der Waals surface area contributed by atoms with Crippen molar-refractivity contribution in [2.75, 3.05) is 14.2 Å². The van der Waals surface area contributed by atoms with Gasteiger partial charge in [0.15, 0.2) is 17.3 Å². The van der Waals surface area contributed by atoms with Crippen LogP contribution in [0.15, 0.2) is 47.3 Å². The molecule has 148 valence electrons. The highest BCUT2D eigenvalue weighted by molar-refractivity contribution is 5.77. The number of nitrogens with one attached hydrogen (secondary N) is 2. The number of nitrogens with zero attached hydrogens (tertiary/aromatic N) is 1. The van der Waals surface area contributed by atoms with Gasteiger partial charge in [0.05, 0.1) is 25.1 Å². The van der Waals surface area contributed by atoms with Gasteiger partial charge in [-0.3, -0.25) is 4.79 Å². The third kappa shape index (κ3) is 4.28.